The highest BCUT2D eigenvalue weighted by atomic mass is 16.3. The lowest BCUT2D eigenvalue weighted by atomic mass is 10.0. The van der Waals surface area contributed by atoms with Crippen LogP contribution in [-0.2, 0) is 0 Å². The van der Waals surface area contributed by atoms with Gasteiger partial charge in [-0.2, -0.15) is 0 Å². The first-order valence-electron chi connectivity index (χ1n) is 8.50. The van der Waals surface area contributed by atoms with Crippen molar-refractivity contribution in [3.63, 3.8) is 0 Å². The van der Waals surface area contributed by atoms with Gasteiger partial charge in [-0.25, -0.2) is 4.79 Å². The van der Waals surface area contributed by atoms with Crippen molar-refractivity contribution in [1.82, 2.24) is 10.2 Å². The molecule has 1 aliphatic rings. The van der Waals surface area contributed by atoms with Crippen molar-refractivity contribution in [3.05, 3.63) is 53.5 Å². The quantitative estimate of drug-likeness (QED) is 0.899. The van der Waals surface area contributed by atoms with Crippen LogP contribution in [0.2, 0.25) is 0 Å². The molecular weight excluding hydrogens is 318 g/mol. The van der Waals surface area contributed by atoms with E-state index in [0.29, 0.717) is 18.8 Å². The molecule has 1 aliphatic heterocycles. The molecule has 0 radical (unpaired) electrons. The van der Waals surface area contributed by atoms with Crippen molar-refractivity contribution in [2.24, 2.45) is 0 Å². The largest absolute Gasteiger partial charge is 0.459 e. The summed E-state index contributed by atoms with van der Waals surface area (Å²) in [6, 6.07) is 9.45. The third kappa shape index (κ3) is 4.21. The summed E-state index contributed by atoms with van der Waals surface area (Å²) < 4.78 is 5.22. The van der Waals surface area contributed by atoms with E-state index in [9.17, 15) is 9.59 Å². The van der Waals surface area contributed by atoms with Gasteiger partial charge < -0.3 is 20.0 Å². The first-order valence-corrected chi connectivity index (χ1v) is 8.50. The van der Waals surface area contributed by atoms with Gasteiger partial charge in [-0.05, 0) is 44.9 Å². The number of furan rings is 1. The highest BCUT2D eigenvalue weighted by molar-refractivity contribution is 5.93. The van der Waals surface area contributed by atoms with Crippen LogP contribution in [0.5, 0.6) is 0 Å². The Morgan fingerprint density at radius 1 is 1.08 bits per heavy atom. The first-order chi connectivity index (χ1) is 12.0. The molecule has 0 aliphatic carbocycles. The third-order valence-electron chi connectivity index (χ3n) is 4.49. The predicted octanol–water partition coefficient (Wildman–Crippen LogP) is 3.32. The SMILES string of the molecule is Cc1ccc(NC(=O)N2CCC(NC(=O)c3occc3C)CC2)cc1. The van der Waals surface area contributed by atoms with E-state index in [0.717, 1.165) is 29.7 Å². The number of benzene rings is 1. The molecule has 0 saturated carbocycles. The van der Waals surface area contributed by atoms with E-state index in [1.54, 1.807) is 11.0 Å². The molecule has 3 rings (SSSR count). The number of aryl methyl sites for hydroxylation is 2. The molecule has 3 amide bonds. The molecule has 2 heterocycles. The lowest BCUT2D eigenvalue weighted by molar-refractivity contribution is 0.0890. The zero-order valence-electron chi connectivity index (χ0n) is 14.5. The number of amides is 3. The second kappa shape index (κ2) is 7.42. The Morgan fingerprint density at radius 3 is 2.36 bits per heavy atom. The summed E-state index contributed by atoms with van der Waals surface area (Å²) in [5, 5.41) is 5.90. The number of piperidine rings is 1. The highest BCUT2D eigenvalue weighted by Crippen LogP contribution is 2.15. The highest BCUT2D eigenvalue weighted by Gasteiger charge is 2.25. The number of carbonyl (C=O) groups excluding carboxylic acids is 2. The van der Waals surface area contributed by atoms with Crippen LogP contribution >= 0.6 is 0 Å². The van der Waals surface area contributed by atoms with Gasteiger partial charge in [0, 0.05) is 30.4 Å². The van der Waals surface area contributed by atoms with Gasteiger partial charge in [-0.15, -0.1) is 0 Å². The van der Waals surface area contributed by atoms with E-state index in [-0.39, 0.29) is 18.0 Å². The molecule has 1 aromatic heterocycles. The molecule has 0 spiro atoms. The molecular formula is C19H23N3O3. The molecule has 6 heteroatoms. The Hall–Kier alpha value is -2.76. The number of hydrogen-bond donors (Lipinski definition) is 2. The molecule has 0 atom stereocenters. The van der Waals surface area contributed by atoms with E-state index in [1.807, 2.05) is 38.1 Å². The fraction of sp³-hybridized carbons (Fsp3) is 0.368. The standard InChI is InChI=1S/C19H23N3O3/c1-13-3-5-15(6-4-13)21-19(24)22-10-7-16(8-11-22)20-18(23)17-14(2)9-12-25-17/h3-6,9,12,16H,7-8,10-11H2,1-2H3,(H,20,23)(H,21,24). The van der Waals surface area contributed by atoms with Crippen LogP contribution in [0.3, 0.4) is 0 Å². The minimum atomic E-state index is -0.190. The summed E-state index contributed by atoms with van der Waals surface area (Å²) in [4.78, 5) is 26.3. The molecule has 1 fully saturated rings. The third-order valence-corrected chi connectivity index (χ3v) is 4.49. The van der Waals surface area contributed by atoms with Crippen LogP contribution in [0, 0.1) is 13.8 Å². The summed E-state index contributed by atoms with van der Waals surface area (Å²) in [5.74, 6) is 0.171. The normalized spacial score (nSPS) is 15.0. The fourth-order valence-electron chi connectivity index (χ4n) is 2.92. The number of nitrogens with one attached hydrogen (secondary N) is 2. The summed E-state index contributed by atoms with van der Waals surface area (Å²) in [5.41, 5.74) is 2.77. The van der Waals surface area contributed by atoms with Gasteiger partial charge in [-0.3, -0.25) is 4.79 Å². The Bertz CT molecular complexity index is 744. The number of urea groups is 1. The molecule has 2 aromatic rings. The molecule has 6 nitrogen and oxygen atoms in total. The van der Waals surface area contributed by atoms with Crippen LogP contribution in [0.25, 0.3) is 0 Å². The molecule has 132 valence electrons. The molecule has 0 unspecified atom stereocenters. The Morgan fingerprint density at radius 2 is 1.76 bits per heavy atom. The number of likely N-dealkylation sites (tertiary alicyclic amines) is 1. The van der Waals surface area contributed by atoms with Gasteiger partial charge in [0.15, 0.2) is 5.76 Å². The van der Waals surface area contributed by atoms with Crippen molar-refractivity contribution < 1.29 is 14.0 Å². The zero-order valence-corrected chi connectivity index (χ0v) is 14.5. The Balaban J connectivity index is 1.48. The lowest BCUT2D eigenvalue weighted by Crippen LogP contribution is -2.47. The van der Waals surface area contributed by atoms with Gasteiger partial charge in [0.2, 0.25) is 0 Å². The zero-order chi connectivity index (χ0) is 17.8. The summed E-state index contributed by atoms with van der Waals surface area (Å²) in [7, 11) is 0. The Kier molecular flexibility index (Phi) is 5.07. The van der Waals surface area contributed by atoms with Gasteiger partial charge in [0.25, 0.3) is 5.91 Å². The average Bonchev–Trinajstić information content (AvgIpc) is 3.04. The molecule has 1 aromatic carbocycles. The van der Waals surface area contributed by atoms with Gasteiger partial charge >= 0.3 is 6.03 Å². The maximum Gasteiger partial charge on any atom is 0.321 e. The van der Waals surface area contributed by atoms with Crippen molar-refractivity contribution in [1.29, 1.82) is 0 Å². The first kappa shape index (κ1) is 17.1. The number of nitrogens with zero attached hydrogens (tertiary/aromatic N) is 1. The van der Waals surface area contributed by atoms with Crippen LogP contribution < -0.4 is 10.6 Å². The molecule has 25 heavy (non-hydrogen) atoms. The second-order valence-electron chi connectivity index (χ2n) is 6.46. The van der Waals surface area contributed by atoms with Gasteiger partial charge in [-0.1, -0.05) is 17.7 Å². The molecule has 0 bridgehead atoms. The molecule has 1 saturated heterocycles. The van der Waals surface area contributed by atoms with Crippen LogP contribution in [0.15, 0.2) is 41.0 Å². The van der Waals surface area contributed by atoms with Crippen molar-refractivity contribution in [2.75, 3.05) is 18.4 Å². The number of hydrogen-bond acceptors (Lipinski definition) is 3. The van der Waals surface area contributed by atoms with E-state index in [1.165, 1.54) is 6.26 Å². The van der Waals surface area contributed by atoms with E-state index in [4.69, 9.17) is 4.42 Å². The lowest BCUT2D eigenvalue weighted by Gasteiger charge is -2.32. The van der Waals surface area contributed by atoms with Crippen molar-refractivity contribution >= 4 is 17.6 Å². The van der Waals surface area contributed by atoms with Crippen molar-refractivity contribution in [3.8, 4) is 0 Å². The number of anilines is 1. The van der Waals surface area contributed by atoms with Gasteiger partial charge in [0.1, 0.15) is 0 Å². The minimum Gasteiger partial charge on any atom is -0.459 e. The van der Waals surface area contributed by atoms with E-state index in [2.05, 4.69) is 10.6 Å². The Labute approximate surface area is 147 Å². The van der Waals surface area contributed by atoms with E-state index >= 15 is 0 Å². The average molecular weight is 341 g/mol. The predicted molar refractivity (Wildman–Crippen MR) is 95.7 cm³/mol. The van der Waals surface area contributed by atoms with E-state index < -0.39 is 0 Å². The second-order valence-corrected chi connectivity index (χ2v) is 6.46. The summed E-state index contributed by atoms with van der Waals surface area (Å²) in [6.07, 6.45) is 2.97. The topological polar surface area (TPSA) is 74.6 Å². The number of rotatable bonds is 3. The summed E-state index contributed by atoms with van der Waals surface area (Å²) in [6.45, 7) is 5.07. The summed E-state index contributed by atoms with van der Waals surface area (Å²) >= 11 is 0. The van der Waals surface area contributed by atoms with Crippen molar-refractivity contribution in [2.45, 2.75) is 32.7 Å². The maximum atomic E-state index is 12.3. The van der Waals surface area contributed by atoms with Crippen LogP contribution in [-0.4, -0.2) is 36.0 Å². The number of carbonyl (C=O) groups is 2. The fourth-order valence-corrected chi connectivity index (χ4v) is 2.92. The monoisotopic (exact) mass is 341 g/mol. The van der Waals surface area contributed by atoms with Crippen LogP contribution in [0.1, 0.15) is 34.5 Å². The van der Waals surface area contributed by atoms with Gasteiger partial charge in [0.05, 0.1) is 6.26 Å². The smallest absolute Gasteiger partial charge is 0.321 e. The van der Waals surface area contributed by atoms with Crippen LogP contribution in [0.4, 0.5) is 10.5 Å². The minimum absolute atomic E-state index is 0.0559. The molecule has 2 N–H and O–H groups in total. The maximum absolute atomic E-state index is 12.3.